The van der Waals surface area contributed by atoms with E-state index >= 15 is 0 Å². The van der Waals surface area contributed by atoms with Gasteiger partial charge in [0, 0.05) is 55.2 Å². The molecule has 39 heavy (non-hydrogen) atoms. The maximum absolute atomic E-state index is 13.9. The molecule has 3 aromatic heterocycles. The van der Waals surface area contributed by atoms with Gasteiger partial charge in [0.2, 0.25) is 11.9 Å². The molecule has 11 heteroatoms. The lowest BCUT2D eigenvalue weighted by Crippen LogP contribution is -2.34. The van der Waals surface area contributed by atoms with Crippen molar-refractivity contribution < 1.29 is 13.9 Å². The number of nitrogens with one attached hydrogen (secondary N) is 2. The molecule has 0 aliphatic carbocycles. The Labute approximate surface area is 225 Å². The number of amides is 1. The van der Waals surface area contributed by atoms with Crippen LogP contribution in [0.25, 0.3) is 22.2 Å². The SMILES string of the molecule is C=CC(=O)Nc1cc(Nc2ncc3ccnc(-c4cncc(F)c4)c3n2)c(OC)cc1N(C)C1CCN(C)C1. The molecule has 1 saturated heterocycles. The van der Waals surface area contributed by atoms with E-state index in [1.165, 1.54) is 18.3 Å². The van der Waals surface area contributed by atoms with Crippen LogP contribution in [0.4, 0.5) is 27.4 Å². The summed E-state index contributed by atoms with van der Waals surface area (Å²) in [5.74, 6) is 0.0284. The molecule has 0 spiro atoms. The minimum atomic E-state index is -0.466. The van der Waals surface area contributed by atoms with Crippen LogP contribution in [0.2, 0.25) is 0 Å². The standard InChI is InChI=1S/C28H29FN8O2/c1-5-25(38)33-21-11-22(24(39-4)12-23(21)37(3)20-7-9-36(2)16-20)34-28-32-14-17-6-8-31-26(27(17)35-28)18-10-19(29)15-30-13-18/h5-6,8,10-15,20H,1,7,9,16H2,2-4H3,(H,33,38)(H,32,34,35). The van der Waals surface area contributed by atoms with Crippen LogP contribution in [0.1, 0.15) is 6.42 Å². The number of hydrogen-bond acceptors (Lipinski definition) is 9. The van der Waals surface area contributed by atoms with Crippen molar-refractivity contribution in [3.63, 3.8) is 0 Å². The van der Waals surface area contributed by atoms with Crippen molar-refractivity contribution in [1.82, 2.24) is 24.8 Å². The highest BCUT2D eigenvalue weighted by Gasteiger charge is 2.26. The molecule has 4 heterocycles. The Morgan fingerprint density at radius 1 is 1.23 bits per heavy atom. The molecule has 0 bridgehead atoms. The van der Waals surface area contributed by atoms with Gasteiger partial charge in [-0.25, -0.2) is 14.4 Å². The van der Waals surface area contributed by atoms with Gasteiger partial charge < -0.3 is 25.2 Å². The predicted octanol–water partition coefficient (Wildman–Crippen LogP) is 4.24. The summed E-state index contributed by atoms with van der Waals surface area (Å²) < 4.78 is 19.6. The maximum atomic E-state index is 13.9. The number of carbonyl (C=O) groups excluding carboxylic acids is 1. The predicted molar refractivity (Wildman–Crippen MR) is 150 cm³/mol. The summed E-state index contributed by atoms with van der Waals surface area (Å²) in [7, 11) is 5.69. The van der Waals surface area contributed by atoms with Crippen molar-refractivity contribution in [3.05, 3.63) is 67.5 Å². The number of fused-ring (bicyclic) bond motifs is 1. The van der Waals surface area contributed by atoms with Crippen molar-refractivity contribution in [2.75, 3.05) is 49.8 Å². The number of methoxy groups -OCH3 is 1. The quantitative estimate of drug-likeness (QED) is 0.325. The summed E-state index contributed by atoms with van der Waals surface area (Å²) in [6, 6.07) is 7.10. The number of ether oxygens (including phenoxy) is 1. The van der Waals surface area contributed by atoms with E-state index in [1.54, 1.807) is 31.6 Å². The highest BCUT2D eigenvalue weighted by molar-refractivity contribution is 6.02. The van der Waals surface area contributed by atoms with Gasteiger partial charge in [0.05, 0.1) is 36.1 Å². The molecule has 1 unspecified atom stereocenters. The Bertz CT molecular complexity index is 1550. The van der Waals surface area contributed by atoms with Crippen molar-refractivity contribution >= 4 is 39.8 Å². The second-order valence-electron chi connectivity index (χ2n) is 9.39. The molecule has 1 fully saturated rings. The van der Waals surface area contributed by atoms with Crippen molar-refractivity contribution in [3.8, 4) is 17.0 Å². The summed E-state index contributed by atoms with van der Waals surface area (Å²) in [4.78, 5) is 34.2. The first kappa shape index (κ1) is 26.0. The van der Waals surface area contributed by atoms with Gasteiger partial charge in [0.25, 0.3) is 0 Å². The Morgan fingerprint density at radius 2 is 2.08 bits per heavy atom. The van der Waals surface area contributed by atoms with Gasteiger partial charge in [-0.3, -0.25) is 14.8 Å². The Balaban J connectivity index is 1.54. The number of aromatic nitrogens is 4. The van der Waals surface area contributed by atoms with E-state index in [2.05, 4.69) is 54.0 Å². The van der Waals surface area contributed by atoms with E-state index in [0.29, 0.717) is 33.9 Å². The van der Waals surface area contributed by atoms with Crippen LogP contribution >= 0.6 is 0 Å². The fourth-order valence-electron chi connectivity index (χ4n) is 4.73. The van der Waals surface area contributed by atoms with E-state index in [9.17, 15) is 9.18 Å². The number of anilines is 4. The number of carbonyl (C=O) groups is 1. The first-order chi connectivity index (χ1) is 18.9. The van der Waals surface area contributed by atoms with Crippen LogP contribution < -0.4 is 20.3 Å². The summed E-state index contributed by atoms with van der Waals surface area (Å²) in [5, 5.41) is 6.86. The molecule has 1 aromatic carbocycles. The van der Waals surface area contributed by atoms with Gasteiger partial charge in [-0.05, 0) is 44.3 Å². The summed E-state index contributed by atoms with van der Waals surface area (Å²) in [6.07, 6.45) is 8.19. The van der Waals surface area contributed by atoms with Gasteiger partial charge in [-0.15, -0.1) is 0 Å². The third-order valence-corrected chi connectivity index (χ3v) is 6.78. The topological polar surface area (TPSA) is 108 Å². The second kappa shape index (κ2) is 11.0. The van der Waals surface area contributed by atoms with Crippen molar-refractivity contribution in [2.45, 2.75) is 12.5 Å². The molecule has 1 amide bonds. The van der Waals surface area contributed by atoms with Crippen LogP contribution in [-0.2, 0) is 4.79 Å². The fraction of sp³-hybridized carbons (Fsp3) is 0.250. The molecule has 1 aliphatic rings. The lowest BCUT2D eigenvalue weighted by Gasteiger charge is -2.29. The van der Waals surface area contributed by atoms with Crippen LogP contribution in [0.3, 0.4) is 0 Å². The molecule has 1 atom stereocenters. The van der Waals surface area contributed by atoms with Gasteiger partial charge in [-0.2, -0.15) is 0 Å². The summed E-state index contributed by atoms with van der Waals surface area (Å²) in [6.45, 7) is 5.50. The Morgan fingerprint density at radius 3 is 2.79 bits per heavy atom. The number of pyridine rings is 2. The van der Waals surface area contributed by atoms with Crippen LogP contribution in [0.5, 0.6) is 5.75 Å². The van der Waals surface area contributed by atoms with Crippen molar-refractivity contribution in [1.29, 1.82) is 0 Å². The molecule has 200 valence electrons. The first-order valence-corrected chi connectivity index (χ1v) is 12.4. The Kier molecular flexibility index (Phi) is 7.33. The normalized spacial score (nSPS) is 15.2. The Hall–Kier alpha value is -4.64. The molecular weight excluding hydrogens is 499 g/mol. The van der Waals surface area contributed by atoms with Gasteiger partial charge in [-0.1, -0.05) is 6.58 Å². The van der Waals surface area contributed by atoms with Crippen LogP contribution in [-0.4, -0.2) is 71.1 Å². The number of hydrogen-bond donors (Lipinski definition) is 2. The van der Waals surface area contributed by atoms with Crippen molar-refractivity contribution in [2.24, 2.45) is 0 Å². The minimum absolute atomic E-state index is 0.277. The molecule has 5 rings (SSSR count). The van der Waals surface area contributed by atoms with E-state index in [1.807, 2.05) is 13.1 Å². The first-order valence-electron chi connectivity index (χ1n) is 12.4. The number of benzene rings is 1. The van der Waals surface area contributed by atoms with Gasteiger partial charge in [0.1, 0.15) is 17.1 Å². The average Bonchev–Trinajstić information content (AvgIpc) is 3.38. The monoisotopic (exact) mass is 528 g/mol. The van der Waals surface area contributed by atoms with E-state index in [0.717, 1.165) is 36.8 Å². The van der Waals surface area contributed by atoms with Gasteiger partial charge >= 0.3 is 0 Å². The third kappa shape index (κ3) is 5.48. The smallest absolute Gasteiger partial charge is 0.247 e. The molecular formula is C28H29FN8O2. The number of likely N-dealkylation sites (tertiary alicyclic amines) is 1. The second-order valence-corrected chi connectivity index (χ2v) is 9.39. The number of rotatable bonds is 8. The van der Waals surface area contributed by atoms with E-state index in [4.69, 9.17) is 4.74 Å². The molecule has 4 aromatic rings. The summed E-state index contributed by atoms with van der Waals surface area (Å²) in [5.41, 5.74) is 3.47. The fourth-order valence-corrected chi connectivity index (χ4v) is 4.73. The third-order valence-electron chi connectivity index (χ3n) is 6.78. The van der Waals surface area contributed by atoms with Crippen LogP contribution in [0, 0.1) is 5.82 Å². The minimum Gasteiger partial charge on any atom is -0.494 e. The molecule has 2 N–H and O–H groups in total. The number of nitrogens with zero attached hydrogens (tertiary/aromatic N) is 6. The lowest BCUT2D eigenvalue weighted by molar-refractivity contribution is -0.111. The number of likely N-dealkylation sites (N-methyl/N-ethyl adjacent to an activating group) is 2. The summed E-state index contributed by atoms with van der Waals surface area (Å²) >= 11 is 0. The van der Waals surface area contributed by atoms with E-state index < -0.39 is 5.82 Å². The zero-order valence-corrected chi connectivity index (χ0v) is 22.0. The molecule has 10 nitrogen and oxygen atoms in total. The molecule has 0 saturated carbocycles. The lowest BCUT2D eigenvalue weighted by atomic mass is 10.1. The zero-order chi connectivity index (χ0) is 27.5. The van der Waals surface area contributed by atoms with Crippen LogP contribution in [0.15, 0.2) is 61.7 Å². The highest BCUT2D eigenvalue weighted by Crippen LogP contribution is 2.39. The maximum Gasteiger partial charge on any atom is 0.247 e. The van der Waals surface area contributed by atoms with E-state index in [-0.39, 0.29) is 17.9 Å². The number of halogens is 1. The molecule has 1 aliphatic heterocycles. The van der Waals surface area contributed by atoms with Gasteiger partial charge in [0.15, 0.2) is 0 Å². The average molecular weight is 529 g/mol. The highest BCUT2D eigenvalue weighted by atomic mass is 19.1. The largest absolute Gasteiger partial charge is 0.494 e. The zero-order valence-electron chi connectivity index (χ0n) is 22.0. The molecule has 0 radical (unpaired) electrons.